The first-order valence-corrected chi connectivity index (χ1v) is 6.63. The molecule has 20 heavy (non-hydrogen) atoms. The van der Waals surface area contributed by atoms with Crippen molar-refractivity contribution in [2.75, 3.05) is 25.1 Å². The van der Waals surface area contributed by atoms with Crippen LogP contribution in [0.2, 0.25) is 0 Å². The van der Waals surface area contributed by atoms with E-state index in [0.717, 1.165) is 0 Å². The highest BCUT2D eigenvalue weighted by atomic mass is 16.5. The number of carbonyl (C=O) groups excluding carboxylic acids is 2. The molecule has 1 saturated heterocycles. The first kappa shape index (κ1) is 14.4. The van der Waals surface area contributed by atoms with Gasteiger partial charge in [0.05, 0.1) is 12.8 Å². The molecule has 1 aliphatic heterocycles. The van der Waals surface area contributed by atoms with Crippen LogP contribution in [0.5, 0.6) is 0 Å². The van der Waals surface area contributed by atoms with Crippen LogP contribution in [0.1, 0.15) is 19.8 Å². The summed E-state index contributed by atoms with van der Waals surface area (Å²) in [4.78, 5) is 23.2. The molecule has 0 unspecified atom stereocenters. The first-order chi connectivity index (χ1) is 9.69. The van der Waals surface area contributed by atoms with Crippen LogP contribution in [0, 0.1) is 5.92 Å². The van der Waals surface area contributed by atoms with Gasteiger partial charge in [0.2, 0.25) is 5.91 Å². The van der Waals surface area contributed by atoms with E-state index in [1.54, 1.807) is 6.92 Å². The highest BCUT2D eigenvalue weighted by Crippen LogP contribution is 2.16. The largest absolute Gasteiger partial charge is 0.465 e. The molecule has 0 atom stereocenters. The van der Waals surface area contributed by atoms with Gasteiger partial charge in [0.1, 0.15) is 6.54 Å². The van der Waals surface area contributed by atoms with Crippen molar-refractivity contribution in [2.24, 2.45) is 5.92 Å². The molecule has 0 aliphatic carbocycles. The predicted molar refractivity (Wildman–Crippen MR) is 68.8 cm³/mol. The summed E-state index contributed by atoms with van der Waals surface area (Å²) in [7, 11) is 0. The first-order valence-electron chi connectivity index (χ1n) is 6.63. The molecule has 8 heteroatoms. The lowest BCUT2D eigenvalue weighted by atomic mass is 10.00. The number of carbonyl (C=O) groups is 2. The van der Waals surface area contributed by atoms with E-state index in [1.807, 2.05) is 0 Å². The summed E-state index contributed by atoms with van der Waals surface area (Å²) in [5, 5.41) is 10.3. The summed E-state index contributed by atoms with van der Waals surface area (Å²) in [5.74, 6) is -0.194. The molecule has 1 aromatic rings. The standard InChI is InChI=1S/C12H18N4O4/c1-2-20-11(17)8-16-7-10(14-15-16)13-12(18)9-3-5-19-6-4-9/h7,9H,2-6,8H2,1H3,(H,13,18). The second-order valence-electron chi connectivity index (χ2n) is 4.48. The van der Waals surface area contributed by atoms with E-state index in [0.29, 0.717) is 38.5 Å². The zero-order valence-electron chi connectivity index (χ0n) is 11.4. The number of hydrogen-bond acceptors (Lipinski definition) is 6. The Bertz CT molecular complexity index is 468. The number of amides is 1. The van der Waals surface area contributed by atoms with Crippen LogP contribution in [0.25, 0.3) is 0 Å². The molecular weight excluding hydrogens is 264 g/mol. The fourth-order valence-electron chi connectivity index (χ4n) is 1.96. The van der Waals surface area contributed by atoms with Crippen molar-refractivity contribution >= 4 is 17.7 Å². The molecule has 8 nitrogen and oxygen atoms in total. The maximum Gasteiger partial charge on any atom is 0.327 e. The third kappa shape index (κ3) is 4.02. The minimum absolute atomic E-state index is 0.0199. The molecule has 0 saturated carbocycles. The van der Waals surface area contributed by atoms with E-state index in [2.05, 4.69) is 15.6 Å². The Kier molecular flexibility index (Phi) is 5.05. The van der Waals surface area contributed by atoms with Crippen molar-refractivity contribution in [3.8, 4) is 0 Å². The number of hydrogen-bond donors (Lipinski definition) is 1. The lowest BCUT2D eigenvalue weighted by Crippen LogP contribution is -2.28. The summed E-state index contributed by atoms with van der Waals surface area (Å²) < 4.78 is 11.3. The minimum Gasteiger partial charge on any atom is -0.465 e. The maximum atomic E-state index is 12.0. The topological polar surface area (TPSA) is 95.3 Å². The smallest absolute Gasteiger partial charge is 0.327 e. The van der Waals surface area contributed by atoms with Gasteiger partial charge in [0.25, 0.3) is 0 Å². The molecule has 0 bridgehead atoms. The number of nitrogens with zero attached hydrogens (tertiary/aromatic N) is 3. The van der Waals surface area contributed by atoms with E-state index in [-0.39, 0.29) is 24.3 Å². The van der Waals surface area contributed by atoms with Crippen LogP contribution < -0.4 is 5.32 Å². The molecule has 2 rings (SSSR count). The van der Waals surface area contributed by atoms with Gasteiger partial charge in [-0.1, -0.05) is 5.21 Å². The van der Waals surface area contributed by atoms with Gasteiger partial charge in [0, 0.05) is 19.1 Å². The second kappa shape index (κ2) is 6.99. The van der Waals surface area contributed by atoms with Crippen molar-refractivity contribution in [1.82, 2.24) is 15.0 Å². The lowest BCUT2D eigenvalue weighted by Gasteiger charge is -2.20. The van der Waals surface area contributed by atoms with E-state index in [4.69, 9.17) is 9.47 Å². The number of ether oxygens (including phenoxy) is 2. The van der Waals surface area contributed by atoms with Gasteiger partial charge in [-0.2, -0.15) is 0 Å². The summed E-state index contributed by atoms with van der Waals surface area (Å²) in [6.07, 6.45) is 2.93. The monoisotopic (exact) mass is 282 g/mol. The van der Waals surface area contributed by atoms with Gasteiger partial charge >= 0.3 is 5.97 Å². The Hall–Kier alpha value is -1.96. The van der Waals surface area contributed by atoms with E-state index >= 15 is 0 Å². The van der Waals surface area contributed by atoms with Crippen LogP contribution in [-0.2, 0) is 25.6 Å². The molecule has 0 aromatic carbocycles. The molecular formula is C12H18N4O4. The SMILES string of the molecule is CCOC(=O)Cn1cc(NC(=O)C2CCOCC2)nn1. The Balaban J connectivity index is 1.85. The van der Waals surface area contributed by atoms with Gasteiger partial charge in [0.15, 0.2) is 5.82 Å². The van der Waals surface area contributed by atoms with Gasteiger partial charge < -0.3 is 14.8 Å². The zero-order chi connectivity index (χ0) is 14.4. The molecule has 1 N–H and O–H groups in total. The minimum atomic E-state index is -0.389. The normalized spacial score (nSPS) is 15.8. The molecule has 2 heterocycles. The third-order valence-electron chi connectivity index (χ3n) is 2.98. The Morgan fingerprint density at radius 2 is 2.25 bits per heavy atom. The number of esters is 1. The zero-order valence-corrected chi connectivity index (χ0v) is 11.4. The Morgan fingerprint density at radius 3 is 2.95 bits per heavy atom. The van der Waals surface area contributed by atoms with Crippen molar-refractivity contribution in [1.29, 1.82) is 0 Å². The number of nitrogens with one attached hydrogen (secondary N) is 1. The summed E-state index contributed by atoms with van der Waals surface area (Å²) in [6, 6.07) is 0. The highest BCUT2D eigenvalue weighted by molar-refractivity contribution is 5.91. The molecule has 1 aromatic heterocycles. The Morgan fingerprint density at radius 1 is 1.50 bits per heavy atom. The number of rotatable bonds is 5. The van der Waals surface area contributed by atoms with Crippen LogP contribution in [0.15, 0.2) is 6.20 Å². The highest BCUT2D eigenvalue weighted by Gasteiger charge is 2.22. The fourth-order valence-corrected chi connectivity index (χ4v) is 1.96. The quantitative estimate of drug-likeness (QED) is 0.775. The van der Waals surface area contributed by atoms with Gasteiger partial charge in [-0.15, -0.1) is 5.10 Å². The average molecular weight is 282 g/mol. The number of anilines is 1. The van der Waals surface area contributed by atoms with Crippen LogP contribution >= 0.6 is 0 Å². The summed E-state index contributed by atoms with van der Waals surface area (Å²) in [6.45, 7) is 3.24. The molecule has 0 spiro atoms. The second-order valence-corrected chi connectivity index (χ2v) is 4.48. The molecule has 0 radical (unpaired) electrons. The van der Waals surface area contributed by atoms with Crippen molar-refractivity contribution in [3.63, 3.8) is 0 Å². The van der Waals surface area contributed by atoms with Crippen LogP contribution in [-0.4, -0.2) is 46.7 Å². The van der Waals surface area contributed by atoms with Gasteiger partial charge in [-0.25, -0.2) is 4.68 Å². The third-order valence-corrected chi connectivity index (χ3v) is 2.98. The van der Waals surface area contributed by atoms with E-state index in [1.165, 1.54) is 10.9 Å². The lowest BCUT2D eigenvalue weighted by molar-refractivity contribution is -0.144. The van der Waals surface area contributed by atoms with E-state index in [9.17, 15) is 9.59 Å². The van der Waals surface area contributed by atoms with Crippen molar-refractivity contribution in [3.05, 3.63) is 6.20 Å². The summed E-state index contributed by atoms with van der Waals surface area (Å²) >= 11 is 0. The Labute approximate surface area is 116 Å². The average Bonchev–Trinajstić information content (AvgIpc) is 2.87. The fraction of sp³-hybridized carbons (Fsp3) is 0.667. The molecule has 1 amide bonds. The van der Waals surface area contributed by atoms with E-state index < -0.39 is 0 Å². The van der Waals surface area contributed by atoms with Gasteiger partial charge in [-0.05, 0) is 19.8 Å². The molecule has 1 aliphatic rings. The maximum absolute atomic E-state index is 12.0. The number of aromatic nitrogens is 3. The predicted octanol–water partition coefficient (Wildman–Crippen LogP) is 0.206. The molecule has 110 valence electrons. The summed E-state index contributed by atoms with van der Waals surface area (Å²) in [5.41, 5.74) is 0. The van der Waals surface area contributed by atoms with Crippen molar-refractivity contribution in [2.45, 2.75) is 26.3 Å². The van der Waals surface area contributed by atoms with Gasteiger partial charge in [-0.3, -0.25) is 9.59 Å². The van der Waals surface area contributed by atoms with Crippen LogP contribution in [0.4, 0.5) is 5.82 Å². The van der Waals surface area contributed by atoms with Crippen LogP contribution in [0.3, 0.4) is 0 Å². The van der Waals surface area contributed by atoms with Crippen molar-refractivity contribution < 1.29 is 19.1 Å². The molecule has 1 fully saturated rings.